The topological polar surface area (TPSA) is 83.3 Å². The van der Waals surface area contributed by atoms with Crippen molar-refractivity contribution >= 4 is 17.6 Å². The lowest BCUT2D eigenvalue weighted by Crippen LogP contribution is -2.39. The molecule has 0 radical (unpaired) electrons. The molecule has 1 aromatic heterocycles. The van der Waals surface area contributed by atoms with Crippen LogP contribution in [0.15, 0.2) is 72.0 Å². The predicted octanol–water partition coefficient (Wildman–Crippen LogP) is 2.75. The zero-order valence-electron chi connectivity index (χ0n) is 16.8. The summed E-state index contributed by atoms with van der Waals surface area (Å²) in [7, 11) is 0. The highest BCUT2D eigenvalue weighted by molar-refractivity contribution is 5.94. The van der Waals surface area contributed by atoms with Crippen LogP contribution in [0, 0.1) is 5.82 Å². The Bertz CT molecular complexity index is 952. The maximum Gasteiger partial charge on any atom is 0.246 e. The van der Waals surface area contributed by atoms with Crippen LogP contribution < -0.4 is 16.0 Å². The first-order valence-electron chi connectivity index (χ1n) is 9.80. The second-order valence-corrected chi connectivity index (χ2v) is 6.54. The average Bonchev–Trinajstić information content (AvgIpc) is 3.29. The number of nitrogens with one attached hydrogen (secondary N) is 3. The molecule has 0 aliphatic heterocycles. The van der Waals surface area contributed by atoms with Crippen LogP contribution in [0.25, 0.3) is 5.69 Å². The number of hydrogen-bond donors (Lipinski definition) is 3. The fraction of sp³-hybridized carbons (Fsp3) is 0.227. The van der Waals surface area contributed by atoms with E-state index in [1.165, 1.54) is 29.8 Å². The minimum atomic E-state index is -0.347. The van der Waals surface area contributed by atoms with E-state index in [4.69, 9.17) is 0 Å². The largest absolute Gasteiger partial charge is 0.357 e. The second kappa shape index (κ2) is 10.8. The molecule has 0 aliphatic carbocycles. The molecule has 30 heavy (non-hydrogen) atoms. The number of hydrogen-bond acceptors (Lipinski definition) is 3. The van der Waals surface area contributed by atoms with Gasteiger partial charge in [-0.3, -0.25) is 4.79 Å². The van der Waals surface area contributed by atoms with Gasteiger partial charge in [-0.25, -0.2) is 14.1 Å². The first-order valence-corrected chi connectivity index (χ1v) is 9.80. The molecule has 8 heteroatoms. The minimum absolute atomic E-state index is 0.0364. The van der Waals surface area contributed by atoms with Crippen molar-refractivity contribution in [3.05, 3.63) is 78.4 Å². The van der Waals surface area contributed by atoms with Crippen LogP contribution in [0.4, 0.5) is 10.1 Å². The number of aromatic nitrogens is 2. The van der Waals surface area contributed by atoms with Gasteiger partial charge in [0.15, 0.2) is 5.96 Å². The molecule has 0 atom stereocenters. The van der Waals surface area contributed by atoms with E-state index in [1.54, 1.807) is 6.20 Å². The first-order chi connectivity index (χ1) is 14.6. The number of amides is 1. The van der Waals surface area contributed by atoms with E-state index in [-0.39, 0.29) is 18.3 Å². The Balaban J connectivity index is 1.47. The molecule has 2 aromatic carbocycles. The highest BCUT2D eigenvalue weighted by Gasteiger charge is 2.04. The summed E-state index contributed by atoms with van der Waals surface area (Å²) < 4.78 is 14.7. The maximum atomic E-state index is 12.9. The maximum absolute atomic E-state index is 12.9. The van der Waals surface area contributed by atoms with Gasteiger partial charge in [0.2, 0.25) is 5.91 Å². The van der Waals surface area contributed by atoms with E-state index in [0.717, 1.165) is 12.1 Å². The van der Waals surface area contributed by atoms with Crippen molar-refractivity contribution in [2.45, 2.75) is 13.3 Å². The van der Waals surface area contributed by atoms with Crippen LogP contribution in [0.5, 0.6) is 0 Å². The first kappa shape index (κ1) is 21.0. The summed E-state index contributed by atoms with van der Waals surface area (Å²) in [5, 5.41) is 13.3. The molecule has 3 rings (SSSR count). The summed E-state index contributed by atoms with van der Waals surface area (Å²) in [4.78, 5) is 16.4. The van der Waals surface area contributed by atoms with Gasteiger partial charge in [-0.1, -0.05) is 12.1 Å². The van der Waals surface area contributed by atoms with E-state index in [9.17, 15) is 9.18 Å². The fourth-order valence-corrected chi connectivity index (χ4v) is 2.79. The number of aliphatic imine (C=N–C) groups is 1. The molecule has 0 spiro atoms. The summed E-state index contributed by atoms with van der Waals surface area (Å²) in [6.07, 6.45) is 4.47. The van der Waals surface area contributed by atoms with Crippen LogP contribution in [-0.2, 0) is 11.2 Å². The normalized spacial score (nSPS) is 11.2. The van der Waals surface area contributed by atoms with Crippen LogP contribution >= 0.6 is 0 Å². The van der Waals surface area contributed by atoms with E-state index in [0.29, 0.717) is 24.7 Å². The van der Waals surface area contributed by atoms with Crippen molar-refractivity contribution in [2.75, 3.05) is 25.0 Å². The number of halogens is 1. The van der Waals surface area contributed by atoms with Crippen molar-refractivity contribution in [3.8, 4) is 5.69 Å². The number of anilines is 1. The minimum Gasteiger partial charge on any atom is -0.357 e. The molecule has 156 valence electrons. The molecule has 0 saturated heterocycles. The Kier molecular flexibility index (Phi) is 7.54. The predicted molar refractivity (Wildman–Crippen MR) is 116 cm³/mol. The van der Waals surface area contributed by atoms with Gasteiger partial charge in [0.05, 0.1) is 5.69 Å². The van der Waals surface area contributed by atoms with Gasteiger partial charge in [0.1, 0.15) is 12.4 Å². The molecule has 0 saturated carbocycles. The molecular formula is C22H25FN6O. The number of nitrogens with zero attached hydrogens (tertiary/aromatic N) is 3. The summed E-state index contributed by atoms with van der Waals surface area (Å²) >= 11 is 0. The third kappa shape index (κ3) is 6.44. The molecular weight excluding hydrogens is 383 g/mol. The smallest absolute Gasteiger partial charge is 0.246 e. The summed E-state index contributed by atoms with van der Waals surface area (Å²) in [6, 6.07) is 15.7. The van der Waals surface area contributed by atoms with Crippen LogP contribution in [0.1, 0.15) is 12.5 Å². The highest BCUT2D eigenvalue weighted by Crippen LogP contribution is 2.09. The number of guanidine groups is 1. The lowest BCUT2D eigenvalue weighted by Gasteiger charge is -2.11. The van der Waals surface area contributed by atoms with E-state index in [1.807, 2.05) is 36.0 Å². The van der Waals surface area contributed by atoms with Crippen LogP contribution in [0.3, 0.4) is 0 Å². The SMILES string of the molecule is CCNC(=NCC(=O)Nc1ccc(F)cc1)NCCc1ccc(-n2cccn2)cc1. The Labute approximate surface area is 175 Å². The average molecular weight is 408 g/mol. The van der Waals surface area contributed by atoms with Crippen molar-refractivity contribution < 1.29 is 9.18 Å². The van der Waals surface area contributed by atoms with E-state index >= 15 is 0 Å². The van der Waals surface area contributed by atoms with Crippen molar-refractivity contribution in [2.24, 2.45) is 4.99 Å². The van der Waals surface area contributed by atoms with Crippen LogP contribution in [0.2, 0.25) is 0 Å². The highest BCUT2D eigenvalue weighted by atomic mass is 19.1. The monoisotopic (exact) mass is 408 g/mol. The van der Waals surface area contributed by atoms with Gasteiger partial charge in [0.25, 0.3) is 0 Å². The molecule has 1 heterocycles. The molecule has 3 N–H and O–H groups in total. The standard InChI is InChI=1S/C22H25FN6O/c1-2-24-22(26-16-21(30)28-19-8-6-18(23)7-9-19)25-14-12-17-4-10-20(11-5-17)29-15-3-13-27-29/h3-11,13,15H,2,12,14,16H2,1H3,(H,28,30)(H2,24,25,26). The molecule has 0 unspecified atom stereocenters. The quantitative estimate of drug-likeness (QED) is 0.395. The molecule has 0 bridgehead atoms. The lowest BCUT2D eigenvalue weighted by molar-refractivity contribution is -0.114. The number of rotatable bonds is 8. The summed E-state index contributed by atoms with van der Waals surface area (Å²) in [5.74, 6) is -0.0476. The number of carbonyl (C=O) groups excluding carboxylic acids is 1. The Morgan fingerprint density at radius 2 is 1.87 bits per heavy atom. The third-order valence-electron chi connectivity index (χ3n) is 4.26. The zero-order chi connectivity index (χ0) is 21.2. The molecule has 0 fully saturated rings. The van der Waals surface area contributed by atoms with Crippen molar-refractivity contribution in [3.63, 3.8) is 0 Å². The second-order valence-electron chi connectivity index (χ2n) is 6.54. The molecule has 7 nitrogen and oxygen atoms in total. The Hall–Kier alpha value is -3.68. The van der Waals surface area contributed by atoms with Crippen molar-refractivity contribution in [1.29, 1.82) is 0 Å². The Morgan fingerprint density at radius 1 is 1.10 bits per heavy atom. The van der Waals surface area contributed by atoms with Crippen molar-refractivity contribution in [1.82, 2.24) is 20.4 Å². The number of benzene rings is 2. The Morgan fingerprint density at radius 3 is 2.53 bits per heavy atom. The summed E-state index contributed by atoms with van der Waals surface area (Å²) in [6.45, 7) is 3.28. The molecule has 3 aromatic rings. The number of carbonyl (C=O) groups is 1. The molecule has 1 amide bonds. The van der Waals surface area contributed by atoms with E-state index < -0.39 is 0 Å². The van der Waals surface area contributed by atoms with E-state index in [2.05, 4.69) is 38.2 Å². The summed E-state index contributed by atoms with van der Waals surface area (Å²) in [5.41, 5.74) is 2.73. The van der Waals surface area contributed by atoms with Gasteiger partial charge >= 0.3 is 0 Å². The van der Waals surface area contributed by atoms with Gasteiger partial charge in [-0.15, -0.1) is 0 Å². The van der Waals surface area contributed by atoms with Crippen LogP contribution in [-0.4, -0.2) is 41.3 Å². The van der Waals surface area contributed by atoms with Gasteiger partial charge in [-0.05, 0) is 61.4 Å². The van der Waals surface area contributed by atoms with Gasteiger partial charge < -0.3 is 16.0 Å². The van der Waals surface area contributed by atoms with Gasteiger partial charge in [-0.2, -0.15) is 5.10 Å². The lowest BCUT2D eigenvalue weighted by atomic mass is 10.1. The molecule has 0 aliphatic rings. The fourth-order valence-electron chi connectivity index (χ4n) is 2.79. The zero-order valence-corrected chi connectivity index (χ0v) is 16.8. The van der Waals surface area contributed by atoms with Gasteiger partial charge in [0, 0.05) is 31.2 Å². The third-order valence-corrected chi connectivity index (χ3v) is 4.26.